The van der Waals surface area contributed by atoms with Crippen LogP contribution in [0.15, 0.2) is 0 Å². The first-order valence-corrected chi connectivity index (χ1v) is 4.48. The Morgan fingerprint density at radius 2 is 2.50 bits per heavy atom. The molecule has 0 aromatic heterocycles. The van der Waals surface area contributed by atoms with E-state index in [0.29, 0.717) is 5.37 Å². The fraction of sp³-hybridized carbons (Fsp3) is 1.00. The van der Waals surface area contributed by atoms with E-state index in [9.17, 15) is 0 Å². The summed E-state index contributed by atoms with van der Waals surface area (Å²) in [4.78, 5) is 0. The van der Waals surface area contributed by atoms with Gasteiger partial charge in [-0.05, 0) is 0 Å². The molecule has 1 fully saturated rings. The molecule has 1 rings (SSSR count). The topological polar surface area (TPSA) is 32.3 Å². The van der Waals surface area contributed by atoms with Gasteiger partial charge in [-0.25, -0.2) is 0 Å². The van der Waals surface area contributed by atoms with E-state index in [1.54, 1.807) is 0 Å². The third-order valence-corrected chi connectivity index (χ3v) is 2.57. The summed E-state index contributed by atoms with van der Waals surface area (Å²) in [5.74, 6) is 0. The number of hydrogen-bond donors (Lipinski definition) is 3. The third kappa shape index (κ3) is 1.55. The highest BCUT2D eigenvalue weighted by molar-refractivity contribution is 8.68. The summed E-state index contributed by atoms with van der Waals surface area (Å²) in [6.45, 7) is 0.720. The number of nitrogens with one attached hydrogen (secondary N) is 1. The molecule has 8 heavy (non-hydrogen) atoms. The molecule has 0 aliphatic carbocycles. The van der Waals surface area contributed by atoms with Crippen molar-refractivity contribution < 1.29 is 5.11 Å². The fourth-order valence-corrected chi connectivity index (χ4v) is 1.72. The number of aliphatic hydroxyl groups excluding tert-OH is 1. The summed E-state index contributed by atoms with van der Waals surface area (Å²) in [5, 5.41) is 12.4. The maximum atomic E-state index is 8.92. The van der Waals surface area contributed by atoms with Gasteiger partial charge in [0.1, 0.15) is 0 Å². The van der Waals surface area contributed by atoms with Gasteiger partial charge >= 0.3 is 0 Å². The van der Waals surface area contributed by atoms with Crippen molar-refractivity contribution in [3.63, 3.8) is 0 Å². The van der Waals surface area contributed by atoms with Crippen LogP contribution in [0.25, 0.3) is 0 Å². The molecule has 0 aromatic rings. The van der Waals surface area contributed by atoms with Gasteiger partial charge in [0.15, 0.2) is 0 Å². The van der Waals surface area contributed by atoms with Crippen LogP contribution in [0.4, 0.5) is 0 Å². The number of thiol groups is 1. The molecule has 0 spiro atoms. The molecule has 2 atom stereocenters. The van der Waals surface area contributed by atoms with Crippen molar-refractivity contribution in [2.75, 3.05) is 6.54 Å². The van der Waals surface area contributed by atoms with E-state index in [0.717, 1.165) is 13.0 Å². The van der Waals surface area contributed by atoms with Crippen LogP contribution in [0, 0.1) is 0 Å². The number of hydrogen-bond acceptors (Lipinski definition) is 4. The van der Waals surface area contributed by atoms with Crippen LogP contribution in [0.3, 0.4) is 0 Å². The van der Waals surface area contributed by atoms with Crippen LogP contribution in [0.5, 0.6) is 0 Å². The summed E-state index contributed by atoms with van der Waals surface area (Å²) in [6, 6.07) is 0. The van der Waals surface area contributed by atoms with E-state index < -0.39 is 0 Å². The molecule has 1 heterocycles. The average molecular weight is 151 g/mol. The van der Waals surface area contributed by atoms with E-state index in [1.807, 2.05) is 0 Å². The zero-order chi connectivity index (χ0) is 5.98. The van der Waals surface area contributed by atoms with Crippen molar-refractivity contribution in [1.82, 2.24) is 5.32 Å². The first kappa shape index (κ1) is 6.74. The van der Waals surface area contributed by atoms with Gasteiger partial charge in [0, 0.05) is 13.0 Å². The number of β-amino-alcohol motifs (C(OH)–C–C–N with tert-alkyl or cyclic N) is 1. The minimum atomic E-state index is -0.153. The molecule has 0 bridgehead atoms. The zero-order valence-corrected chi connectivity index (χ0v) is 6.08. The Morgan fingerprint density at radius 1 is 1.75 bits per heavy atom. The second-order valence-corrected chi connectivity index (χ2v) is 3.30. The molecule has 1 aliphatic heterocycles. The van der Waals surface area contributed by atoms with Gasteiger partial charge < -0.3 is 10.4 Å². The van der Waals surface area contributed by atoms with Gasteiger partial charge in [0.25, 0.3) is 0 Å². The summed E-state index contributed by atoms with van der Waals surface area (Å²) in [6.07, 6.45) is 0.674. The lowest BCUT2D eigenvalue weighted by Gasteiger charge is -2.00. The summed E-state index contributed by atoms with van der Waals surface area (Å²) in [5.41, 5.74) is 0. The Kier molecular flexibility index (Phi) is 2.49. The van der Waals surface area contributed by atoms with Crippen molar-refractivity contribution in [2.24, 2.45) is 0 Å². The Labute approximate surface area is 57.9 Å². The molecular weight excluding hydrogens is 142 g/mol. The quantitative estimate of drug-likeness (QED) is 0.371. The highest BCUT2D eigenvalue weighted by atomic mass is 33.1. The maximum Gasteiger partial charge on any atom is 0.0688 e. The lowest BCUT2D eigenvalue weighted by Crippen LogP contribution is -2.16. The standard InChI is InChI=1S/C4H9NOS2/c6-3-1-4(8-7)5-2-3/h3-7H,1-2H2. The minimum absolute atomic E-state index is 0.153. The van der Waals surface area contributed by atoms with Crippen molar-refractivity contribution in [3.05, 3.63) is 0 Å². The number of aliphatic hydroxyl groups is 1. The number of rotatable bonds is 1. The normalized spacial score (nSPS) is 38.2. The molecule has 0 radical (unpaired) electrons. The van der Waals surface area contributed by atoms with Crippen LogP contribution in [-0.2, 0) is 0 Å². The maximum absolute atomic E-state index is 8.92. The van der Waals surface area contributed by atoms with Gasteiger partial charge in [0.05, 0.1) is 11.5 Å². The molecule has 1 aliphatic rings. The van der Waals surface area contributed by atoms with E-state index in [1.165, 1.54) is 10.8 Å². The SMILES string of the molecule is OC1CNC(SS)C1. The van der Waals surface area contributed by atoms with Crippen LogP contribution < -0.4 is 5.32 Å². The Bertz CT molecular complexity index is 80.4. The van der Waals surface area contributed by atoms with E-state index in [2.05, 4.69) is 17.0 Å². The van der Waals surface area contributed by atoms with E-state index in [-0.39, 0.29) is 6.10 Å². The second kappa shape index (κ2) is 2.96. The van der Waals surface area contributed by atoms with Crippen LogP contribution in [0.1, 0.15) is 6.42 Å². The van der Waals surface area contributed by atoms with E-state index in [4.69, 9.17) is 5.11 Å². The molecule has 2 N–H and O–H groups in total. The monoisotopic (exact) mass is 151 g/mol. The van der Waals surface area contributed by atoms with Gasteiger partial charge in [-0.15, -0.1) is 11.7 Å². The highest BCUT2D eigenvalue weighted by Gasteiger charge is 2.20. The molecule has 48 valence electrons. The molecule has 2 nitrogen and oxygen atoms in total. The summed E-state index contributed by atoms with van der Waals surface area (Å²) >= 11 is 4.00. The average Bonchev–Trinajstić information content (AvgIpc) is 2.14. The Hall–Kier alpha value is 0.620. The van der Waals surface area contributed by atoms with Crippen molar-refractivity contribution in [2.45, 2.75) is 17.9 Å². The van der Waals surface area contributed by atoms with Crippen molar-refractivity contribution in [1.29, 1.82) is 0 Å². The predicted octanol–water partition coefficient (Wildman–Crippen LogP) is 0.245. The van der Waals surface area contributed by atoms with Gasteiger partial charge in [0.2, 0.25) is 0 Å². The Morgan fingerprint density at radius 3 is 2.75 bits per heavy atom. The molecule has 1 saturated heterocycles. The van der Waals surface area contributed by atoms with Gasteiger partial charge in [-0.1, -0.05) is 10.8 Å². The van der Waals surface area contributed by atoms with Crippen molar-refractivity contribution >= 4 is 22.5 Å². The highest BCUT2D eigenvalue weighted by Crippen LogP contribution is 2.20. The van der Waals surface area contributed by atoms with Crippen LogP contribution >= 0.6 is 22.5 Å². The third-order valence-electron chi connectivity index (χ3n) is 1.19. The van der Waals surface area contributed by atoms with Gasteiger partial charge in [-0.3, -0.25) is 0 Å². The molecule has 4 heteroatoms. The lowest BCUT2D eigenvalue weighted by molar-refractivity contribution is 0.195. The largest absolute Gasteiger partial charge is 0.392 e. The summed E-state index contributed by atoms with van der Waals surface area (Å²) in [7, 11) is 1.46. The Balaban J connectivity index is 2.22. The minimum Gasteiger partial charge on any atom is -0.392 e. The first-order chi connectivity index (χ1) is 3.83. The van der Waals surface area contributed by atoms with Gasteiger partial charge in [-0.2, -0.15) is 0 Å². The molecule has 2 unspecified atom stereocenters. The zero-order valence-electron chi connectivity index (χ0n) is 4.37. The van der Waals surface area contributed by atoms with E-state index >= 15 is 0 Å². The second-order valence-electron chi connectivity index (χ2n) is 1.89. The molecular formula is C4H9NOS2. The first-order valence-electron chi connectivity index (χ1n) is 2.54. The smallest absolute Gasteiger partial charge is 0.0688 e. The molecule has 0 aromatic carbocycles. The predicted molar refractivity (Wildman–Crippen MR) is 39.0 cm³/mol. The lowest BCUT2D eigenvalue weighted by atomic mass is 10.3. The van der Waals surface area contributed by atoms with Crippen LogP contribution in [-0.4, -0.2) is 23.1 Å². The molecule has 0 saturated carbocycles. The summed E-state index contributed by atoms with van der Waals surface area (Å²) < 4.78 is 0. The molecule has 0 amide bonds. The van der Waals surface area contributed by atoms with Crippen molar-refractivity contribution in [3.8, 4) is 0 Å². The fourth-order valence-electron chi connectivity index (χ4n) is 0.762. The van der Waals surface area contributed by atoms with Crippen LogP contribution in [0.2, 0.25) is 0 Å².